The average molecular weight is 290 g/mol. The summed E-state index contributed by atoms with van der Waals surface area (Å²) in [6.45, 7) is 3.43. The van der Waals surface area contributed by atoms with Crippen molar-refractivity contribution >= 4 is 17.9 Å². The van der Waals surface area contributed by atoms with Crippen molar-refractivity contribution in [2.24, 2.45) is 0 Å². The number of hydrogen-bond acceptors (Lipinski definition) is 8. The Balaban J connectivity index is 2.90. The highest BCUT2D eigenvalue weighted by Gasteiger charge is 2.48. The molecule has 8 nitrogen and oxygen atoms in total. The summed E-state index contributed by atoms with van der Waals surface area (Å²) in [7, 11) is 0. The third kappa shape index (κ3) is 4.17. The molecule has 114 valence electrons. The fourth-order valence-corrected chi connectivity index (χ4v) is 2.13. The van der Waals surface area contributed by atoms with E-state index >= 15 is 0 Å². The van der Waals surface area contributed by atoms with Crippen molar-refractivity contribution < 1.29 is 38.8 Å². The third-order valence-corrected chi connectivity index (χ3v) is 2.84. The molecule has 0 amide bonds. The van der Waals surface area contributed by atoms with Crippen LogP contribution in [0.15, 0.2) is 0 Å². The molecule has 0 bridgehead atoms. The Bertz CT molecular complexity index is 393. The zero-order valence-corrected chi connectivity index (χ0v) is 11.4. The molecule has 0 heterocycles. The molecular weight excluding hydrogens is 272 g/mol. The Kier molecular flexibility index (Phi) is 5.46. The van der Waals surface area contributed by atoms with Crippen molar-refractivity contribution in [3.8, 4) is 0 Å². The van der Waals surface area contributed by atoms with Gasteiger partial charge in [0.1, 0.15) is 24.4 Å². The molecule has 1 rings (SSSR count). The Hall–Kier alpha value is -1.67. The standard InChI is InChI=1S/C12H18O8/c1-5(13)18-8-4-9(19-6(2)14)12(20-7(3)15)11(17)10(8)16/h8-12,16-17H,4H2,1-3H3/t8-,9-,10+,11+,12-/m1/s1. The van der Waals surface area contributed by atoms with Crippen molar-refractivity contribution in [1.29, 1.82) is 0 Å². The van der Waals surface area contributed by atoms with Gasteiger partial charge in [0.05, 0.1) is 0 Å². The molecule has 20 heavy (non-hydrogen) atoms. The zero-order chi connectivity index (χ0) is 15.4. The Morgan fingerprint density at radius 1 is 0.800 bits per heavy atom. The highest BCUT2D eigenvalue weighted by molar-refractivity contribution is 5.68. The van der Waals surface area contributed by atoms with Gasteiger partial charge in [-0.3, -0.25) is 14.4 Å². The maximum absolute atomic E-state index is 11.0. The molecular formula is C12H18O8. The lowest BCUT2D eigenvalue weighted by atomic mass is 9.87. The number of carbonyl (C=O) groups is 3. The van der Waals surface area contributed by atoms with Crippen LogP contribution in [-0.2, 0) is 28.6 Å². The molecule has 0 saturated heterocycles. The van der Waals surface area contributed by atoms with Crippen molar-refractivity contribution in [3.05, 3.63) is 0 Å². The molecule has 8 heteroatoms. The van der Waals surface area contributed by atoms with Crippen molar-refractivity contribution in [1.82, 2.24) is 0 Å². The van der Waals surface area contributed by atoms with E-state index < -0.39 is 48.4 Å². The van der Waals surface area contributed by atoms with E-state index in [1.54, 1.807) is 0 Å². The number of carbonyl (C=O) groups excluding carboxylic acids is 3. The van der Waals surface area contributed by atoms with Crippen LogP contribution in [0.5, 0.6) is 0 Å². The predicted octanol–water partition coefficient (Wildman–Crippen LogP) is -1.09. The van der Waals surface area contributed by atoms with E-state index in [0.29, 0.717) is 0 Å². The maximum atomic E-state index is 11.0. The minimum absolute atomic E-state index is 0.0741. The predicted molar refractivity (Wildman–Crippen MR) is 63.3 cm³/mol. The molecule has 1 saturated carbocycles. The summed E-state index contributed by atoms with van der Waals surface area (Å²) >= 11 is 0. The Labute approximate surface area is 115 Å². The van der Waals surface area contributed by atoms with Crippen LogP contribution in [0.1, 0.15) is 27.2 Å². The summed E-state index contributed by atoms with van der Waals surface area (Å²) in [5, 5.41) is 19.8. The lowest BCUT2D eigenvalue weighted by molar-refractivity contribution is -0.215. The van der Waals surface area contributed by atoms with Crippen LogP contribution < -0.4 is 0 Å². The molecule has 0 aromatic carbocycles. The molecule has 0 aliphatic heterocycles. The van der Waals surface area contributed by atoms with Gasteiger partial charge in [0.25, 0.3) is 0 Å². The van der Waals surface area contributed by atoms with Crippen LogP contribution in [0.25, 0.3) is 0 Å². The number of esters is 3. The quantitative estimate of drug-likeness (QED) is 0.497. The van der Waals surface area contributed by atoms with Crippen molar-refractivity contribution in [2.45, 2.75) is 57.7 Å². The first-order valence-corrected chi connectivity index (χ1v) is 6.10. The van der Waals surface area contributed by atoms with Gasteiger partial charge in [0.15, 0.2) is 6.10 Å². The minimum atomic E-state index is -1.53. The van der Waals surface area contributed by atoms with Gasteiger partial charge in [0.2, 0.25) is 0 Å². The van der Waals surface area contributed by atoms with Gasteiger partial charge >= 0.3 is 17.9 Å². The zero-order valence-electron chi connectivity index (χ0n) is 11.4. The topological polar surface area (TPSA) is 119 Å². The lowest BCUT2D eigenvalue weighted by Crippen LogP contribution is -2.59. The summed E-state index contributed by atoms with van der Waals surface area (Å²) in [6, 6.07) is 0. The van der Waals surface area contributed by atoms with Crippen molar-refractivity contribution in [3.63, 3.8) is 0 Å². The molecule has 0 radical (unpaired) electrons. The molecule has 1 aliphatic carbocycles. The lowest BCUT2D eigenvalue weighted by Gasteiger charge is -2.40. The minimum Gasteiger partial charge on any atom is -0.460 e. The molecule has 1 fully saturated rings. The van der Waals surface area contributed by atoms with E-state index in [2.05, 4.69) is 0 Å². The van der Waals surface area contributed by atoms with Gasteiger partial charge < -0.3 is 24.4 Å². The summed E-state index contributed by atoms with van der Waals surface area (Å²) in [5.74, 6) is -1.98. The summed E-state index contributed by atoms with van der Waals surface area (Å²) in [5.41, 5.74) is 0. The molecule has 0 unspecified atom stereocenters. The number of hydrogen-bond donors (Lipinski definition) is 2. The van der Waals surface area contributed by atoms with Gasteiger partial charge in [-0.25, -0.2) is 0 Å². The van der Waals surface area contributed by atoms with Crippen LogP contribution in [0.3, 0.4) is 0 Å². The van der Waals surface area contributed by atoms with Crippen molar-refractivity contribution in [2.75, 3.05) is 0 Å². The van der Waals surface area contributed by atoms with Crippen LogP contribution in [0.4, 0.5) is 0 Å². The van der Waals surface area contributed by atoms with Crippen LogP contribution in [0, 0.1) is 0 Å². The first-order valence-electron chi connectivity index (χ1n) is 6.10. The Morgan fingerprint density at radius 3 is 1.70 bits per heavy atom. The van der Waals surface area contributed by atoms with Crippen LogP contribution in [-0.4, -0.2) is 58.6 Å². The molecule has 2 N–H and O–H groups in total. The maximum Gasteiger partial charge on any atom is 0.303 e. The second-order valence-electron chi connectivity index (χ2n) is 4.59. The second-order valence-corrected chi connectivity index (χ2v) is 4.59. The third-order valence-electron chi connectivity index (χ3n) is 2.84. The fourth-order valence-electron chi connectivity index (χ4n) is 2.13. The summed E-state index contributed by atoms with van der Waals surface area (Å²) in [4.78, 5) is 33.0. The van der Waals surface area contributed by atoms with E-state index in [0.717, 1.165) is 20.8 Å². The average Bonchev–Trinajstić information content (AvgIpc) is 2.29. The van der Waals surface area contributed by atoms with Gasteiger partial charge in [-0.2, -0.15) is 0 Å². The second kappa shape index (κ2) is 6.67. The van der Waals surface area contributed by atoms with Gasteiger partial charge in [-0.05, 0) is 0 Å². The Morgan fingerprint density at radius 2 is 1.25 bits per heavy atom. The number of aliphatic hydroxyl groups is 2. The largest absolute Gasteiger partial charge is 0.460 e. The molecule has 1 aliphatic rings. The van der Waals surface area contributed by atoms with E-state index in [-0.39, 0.29) is 6.42 Å². The first-order chi connectivity index (χ1) is 9.22. The monoisotopic (exact) mass is 290 g/mol. The first kappa shape index (κ1) is 16.4. The SMILES string of the molecule is CC(=O)O[C@H]1[C@@H](O)[C@@H](O)[C@H](OC(C)=O)C[C@H]1OC(C)=O. The smallest absolute Gasteiger partial charge is 0.303 e. The fraction of sp³-hybridized carbons (Fsp3) is 0.750. The summed E-state index contributed by atoms with van der Waals surface area (Å²) < 4.78 is 14.7. The van der Waals surface area contributed by atoms with Crippen LogP contribution >= 0.6 is 0 Å². The van der Waals surface area contributed by atoms with Gasteiger partial charge in [0, 0.05) is 27.2 Å². The van der Waals surface area contributed by atoms with E-state index in [1.165, 1.54) is 0 Å². The highest BCUT2D eigenvalue weighted by Crippen LogP contribution is 2.28. The molecule has 0 spiro atoms. The van der Waals surface area contributed by atoms with Gasteiger partial charge in [-0.15, -0.1) is 0 Å². The van der Waals surface area contributed by atoms with Crippen LogP contribution in [0.2, 0.25) is 0 Å². The van der Waals surface area contributed by atoms with E-state index in [9.17, 15) is 24.6 Å². The van der Waals surface area contributed by atoms with E-state index in [1.807, 2.05) is 0 Å². The molecule has 5 atom stereocenters. The number of ether oxygens (including phenoxy) is 3. The molecule has 0 aromatic rings. The molecule has 0 aromatic heterocycles. The number of rotatable bonds is 3. The number of aliphatic hydroxyl groups excluding tert-OH is 2. The highest BCUT2D eigenvalue weighted by atomic mass is 16.6. The van der Waals surface area contributed by atoms with Gasteiger partial charge in [-0.1, -0.05) is 0 Å². The van der Waals surface area contributed by atoms with E-state index in [4.69, 9.17) is 14.2 Å². The summed E-state index contributed by atoms with van der Waals surface area (Å²) in [6.07, 6.45) is -6.29. The normalized spacial score (nSPS) is 33.1.